The highest BCUT2D eigenvalue weighted by Crippen LogP contribution is 2.22. The largest absolute Gasteiger partial charge is 0.376 e. The Hall–Kier alpha value is -1.79. The van der Waals surface area contributed by atoms with E-state index < -0.39 is 0 Å². The van der Waals surface area contributed by atoms with Crippen LogP contribution in [-0.2, 0) is 16.0 Å². The molecule has 1 N–H and O–H groups in total. The first-order chi connectivity index (χ1) is 10.3. The molecule has 110 valence electrons. The molecule has 1 aliphatic heterocycles. The first-order valence-corrected chi connectivity index (χ1v) is 7.92. The van der Waals surface area contributed by atoms with Crippen LogP contribution in [-0.4, -0.2) is 35.1 Å². The summed E-state index contributed by atoms with van der Waals surface area (Å²) in [6.45, 7) is 1.40. The lowest BCUT2D eigenvalue weighted by Gasteiger charge is -2.09. The Kier molecular flexibility index (Phi) is 4.57. The summed E-state index contributed by atoms with van der Waals surface area (Å²) in [5.74, 6) is -0.00598. The van der Waals surface area contributed by atoms with E-state index in [1.54, 1.807) is 12.4 Å². The van der Waals surface area contributed by atoms with E-state index in [4.69, 9.17) is 4.74 Å². The van der Waals surface area contributed by atoms with E-state index in [0.717, 1.165) is 35.7 Å². The average molecular weight is 303 g/mol. The molecule has 1 atom stereocenters. The van der Waals surface area contributed by atoms with Gasteiger partial charge in [0.15, 0.2) is 0 Å². The number of hydrogen-bond acceptors (Lipinski definition) is 5. The maximum Gasteiger partial charge on any atom is 0.226 e. The minimum absolute atomic E-state index is 0.00598. The van der Waals surface area contributed by atoms with Gasteiger partial charge in [-0.15, -0.1) is 11.3 Å². The molecule has 1 fully saturated rings. The zero-order valence-electron chi connectivity index (χ0n) is 11.6. The van der Waals surface area contributed by atoms with E-state index >= 15 is 0 Å². The molecule has 3 rings (SSSR count). The molecule has 3 heterocycles. The monoisotopic (exact) mass is 303 g/mol. The Bertz CT molecular complexity index is 594. The summed E-state index contributed by atoms with van der Waals surface area (Å²) < 4.78 is 5.48. The first-order valence-electron chi connectivity index (χ1n) is 7.04. The number of nitrogens with one attached hydrogen (secondary N) is 1. The molecule has 0 spiro atoms. The van der Waals surface area contributed by atoms with E-state index in [2.05, 4.69) is 15.3 Å². The molecule has 2 aromatic heterocycles. The Morgan fingerprint density at radius 2 is 2.48 bits per heavy atom. The van der Waals surface area contributed by atoms with Gasteiger partial charge in [0.05, 0.1) is 18.2 Å². The molecule has 0 aromatic carbocycles. The van der Waals surface area contributed by atoms with E-state index in [-0.39, 0.29) is 12.0 Å². The number of aromatic nitrogens is 2. The van der Waals surface area contributed by atoms with Crippen molar-refractivity contribution in [1.82, 2.24) is 15.3 Å². The van der Waals surface area contributed by atoms with Crippen molar-refractivity contribution in [1.29, 1.82) is 0 Å². The van der Waals surface area contributed by atoms with E-state index in [1.165, 1.54) is 11.3 Å². The van der Waals surface area contributed by atoms with E-state index in [9.17, 15) is 4.79 Å². The SMILES string of the molecule is O=C(Cc1csc(-c2cccnc2)n1)NC[C@H]1CCCO1. The number of carbonyl (C=O) groups is 1. The summed E-state index contributed by atoms with van der Waals surface area (Å²) in [6.07, 6.45) is 6.11. The molecule has 0 bridgehead atoms. The average Bonchev–Trinajstić information content (AvgIpc) is 3.17. The number of ether oxygens (including phenoxy) is 1. The molecular formula is C15H17N3O2S. The smallest absolute Gasteiger partial charge is 0.226 e. The molecule has 0 aliphatic carbocycles. The maximum atomic E-state index is 11.9. The van der Waals surface area contributed by atoms with Crippen LogP contribution in [0.3, 0.4) is 0 Å². The van der Waals surface area contributed by atoms with Gasteiger partial charge in [-0.2, -0.15) is 0 Å². The van der Waals surface area contributed by atoms with Gasteiger partial charge in [-0.25, -0.2) is 4.98 Å². The van der Waals surface area contributed by atoms with Crippen LogP contribution < -0.4 is 5.32 Å². The zero-order chi connectivity index (χ0) is 14.5. The number of hydrogen-bond donors (Lipinski definition) is 1. The fourth-order valence-electron chi connectivity index (χ4n) is 2.27. The van der Waals surface area contributed by atoms with Gasteiger partial charge >= 0.3 is 0 Å². The summed E-state index contributed by atoms with van der Waals surface area (Å²) in [4.78, 5) is 20.5. The number of thiazole rings is 1. The van der Waals surface area contributed by atoms with Gasteiger partial charge < -0.3 is 10.1 Å². The Morgan fingerprint density at radius 1 is 1.52 bits per heavy atom. The molecule has 0 radical (unpaired) electrons. The van der Waals surface area contributed by atoms with Crippen LogP contribution in [0.4, 0.5) is 0 Å². The van der Waals surface area contributed by atoms with Crippen molar-refractivity contribution in [3.8, 4) is 10.6 Å². The maximum absolute atomic E-state index is 11.9. The van der Waals surface area contributed by atoms with Crippen LogP contribution in [0.1, 0.15) is 18.5 Å². The first kappa shape index (κ1) is 14.2. The van der Waals surface area contributed by atoms with Gasteiger partial charge in [0.1, 0.15) is 5.01 Å². The van der Waals surface area contributed by atoms with Crippen LogP contribution in [0.15, 0.2) is 29.9 Å². The molecule has 0 saturated carbocycles. The highest BCUT2D eigenvalue weighted by molar-refractivity contribution is 7.13. The molecule has 0 unspecified atom stereocenters. The second-order valence-corrected chi connectivity index (χ2v) is 5.86. The lowest BCUT2D eigenvalue weighted by molar-refractivity contribution is -0.121. The van der Waals surface area contributed by atoms with E-state index in [1.807, 2.05) is 17.5 Å². The molecule has 6 heteroatoms. The number of carbonyl (C=O) groups excluding carboxylic acids is 1. The van der Waals surface area contributed by atoms with Crippen molar-refractivity contribution in [2.24, 2.45) is 0 Å². The summed E-state index contributed by atoms with van der Waals surface area (Å²) in [5.41, 5.74) is 1.78. The van der Waals surface area contributed by atoms with Crippen molar-refractivity contribution >= 4 is 17.2 Å². The van der Waals surface area contributed by atoms with Crippen molar-refractivity contribution in [3.63, 3.8) is 0 Å². The summed E-state index contributed by atoms with van der Waals surface area (Å²) in [6, 6.07) is 3.85. The Morgan fingerprint density at radius 3 is 3.24 bits per heavy atom. The van der Waals surface area contributed by atoms with Crippen LogP contribution in [0.5, 0.6) is 0 Å². The fraction of sp³-hybridized carbons (Fsp3) is 0.400. The number of amides is 1. The van der Waals surface area contributed by atoms with E-state index in [0.29, 0.717) is 13.0 Å². The predicted molar refractivity (Wildman–Crippen MR) is 81.0 cm³/mol. The highest BCUT2D eigenvalue weighted by atomic mass is 32.1. The number of nitrogens with zero attached hydrogens (tertiary/aromatic N) is 2. The minimum Gasteiger partial charge on any atom is -0.376 e. The second kappa shape index (κ2) is 6.78. The van der Waals surface area contributed by atoms with Crippen LogP contribution >= 0.6 is 11.3 Å². The standard InChI is InChI=1S/C15H17N3O2S/c19-14(17-9-13-4-2-6-20-13)7-12-10-21-15(18-12)11-3-1-5-16-8-11/h1,3,5,8,10,13H,2,4,6-7,9H2,(H,17,19)/t13-/m1/s1. The van der Waals surface area contributed by atoms with Crippen molar-refractivity contribution in [2.75, 3.05) is 13.2 Å². The minimum atomic E-state index is -0.00598. The third-order valence-corrected chi connectivity index (χ3v) is 4.29. The highest BCUT2D eigenvalue weighted by Gasteiger charge is 2.16. The van der Waals surface area contributed by atoms with Crippen LogP contribution in [0.25, 0.3) is 10.6 Å². The molecule has 21 heavy (non-hydrogen) atoms. The third kappa shape index (κ3) is 3.86. The Labute approximate surface area is 127 Å². The van der Waals surface area contributed by atoms with Crippen LogP contribution in [0, 0.1) is 0 Å². The second-order valence-electron chi connectivity index (χ2n) is 5.00. The van der Waals surface area contributed by atoms with Crippen molar-refractivity contribution < 1.29 is 9.53 Å². The summed E-state index contributed by atoms with van der Waals surface area (Å²) in [7, 11) is 0. The molecule has 1 saturated heterocycles. The normalized spacial score (nSPS) is 17.8. The van der Waals surface area contributed by atoms with Gasteiger partial charge in [0.2, 0.25) is 5.91 Å². The lowest BCUT2D eigenvalue weighted by Crippen LogP contribution is -2.32. The number of pyridine rings is 1. The summed E-state index contributed by atoms with van der Waals surface area (Å²) in [5, 5.41) is 5.73. The third-order valence-electron chi connectivity index (χ3n) is 3.35. The molecule has 1 amide bonds. The van der Waals surface area contributed by atoms with Gasteiger partial charge in [-0.05, 0) is 25.0 Å². The van der Waals surface area contributed by atoms with Crippen molar-refractivity contribution in [2.45, 2.75) is 25.4 Å². The summed E-state index contributed by atoms with van der Waals surface area (Å²) >= 11 is 1.53. The van der Waals surface area contributed by atoms with Crippen LogP contribution in [0.2, 0.25) is 0 Å². The lowest BCUT2D eigenvalue weighted by atomic mass is 10.2. The van der Waals surface area contributed by atoms with Gasteiger partial charge in [-0.3, -0.25) is 9.78 Å². The molecular weight excluding hydrogens is 286 g/mol. The number of rotatable bonds is 5. The fourth-order valence-corrected chi connectivity index (χ4v) is 3.08. The van der Waals surface area contributed by atoms with Crippen molar-refractivity contribution in [3.05, 3.63) is 35.6 Å². The van der Waals surface area contributed by atoms with Gasteiger partial charge in [-0.1, -0.05) is 0 Å². The zero-order valence-corrected chi connectivity index (χ0v) is 12.4. The van der Waals surface area contributed by atoms with Gasteiger partial charge in [0, 0.05) is 36.5 Å². The molecule has 5 nitrogen and oxygen atoms in total. The predicted octanol–water partition coefficient (Wildman–Crippen LogP) is 2.04. The quantitative estimate of drug-likeness (QED) is 0.918. The van der Waals surface area contributed by atoms with Gasteiger partial charge in [0.25, 0.3) is 0 Å². The molecule has 2 aromatic rings. The topological polar surface area (TPSA) is 64.1 Å². The molecule has 1 aliphatic rings. The Balaban J connectivity index is 1.53.